The number of fused-ring (bicyclic) bond motifs is 1. The Bertz CT molecular complexity index is 584. The van der Waals surface area contributed by atoms with Gasteiger partial charge < -0.3 is 21.0 Å². The van der Waals surface area contributed by atoms with Crippen molar-refractivity contribution in [3.8, 4) is 0 Å². The summed E-state index contributed by atoms with van der Waals surface area (Å²) in [7, 11) is 0. The number of nitrogens with one attached hydrogen (secondary N) is 3. The van der Waals surface area contributed by atoms with Crippen molar-refractivity contribution in [2.24, 2.45) is 5.73 Å². The minimum absolute atomic E-state index is 0.0762. The van der Waals surface area contributed by atoms with E-state index in [0.29, 0.717) is 30.6 Å². The molecule has 1 amide bonds. The standard InChI is InChI=1S/C11H14N4O2/c12-5-1-2-10(16)13-7-3-4-8-9(6-7)15-11(17)14-8/h3-4,6H,1-2,5,12H2,(H,13,16)(H2,14,15,17). The smallest absolute Gasteiger partial charge is 0.323 e. The van der Waals surface area contributed by atoms with E-state index in [0.717, 1.165) is 5.52 Å². The lowest BCUT2D eigenvalue weighted by molar-refractivity contribution is -0.116. The van der Waals surface area contributed by atoms with E-state index in [1.165, 1.54) is 0 Å². The zero-order valence-electron chi connectivity index (χ0n) is 9.25. The molecule has 1 aromatic carbocycles. The third-order valence-electron chi connectivity index (χ3n) is 2.41. The summed E-state index contributed by atoms with van der Waals surface area (Å²) in [6.07, 6.45) is 1.06. The maximum Gasteiger partial charge on any atom is 0.323 e. The number of hydrogen-bond donors (Lipinski definition) is 4. The Labute approximate surface area is 97.2 Å². The molecule has 0 atom stereocenters. The highest BCUT2D eigenvalue weighted by molar-refractivity contribution is 5.92. The van der Waals surface area contributed by atoms with Crippen molar-refractivity contribution in [2.75, 3.05) is 11.9 Å². The first-order valence-corrected chi connectivity index (χ1v) is 5.41. The van der Waals surface area contributed by atoms with E-state index in [2.05, 4.69) is 15.3 Å². The van der Waals surface area contributed by atoms with Gasteiger partial charge in [-0.25, -0.2) is 4.79 Å². The van der Waals surface area contributed by atoms with Gasteiger partial charge in [-0.05, 0) is 31.2 Å². The van der Waals surface area contributed by atoms with Crippen LogP contribution in [-0.4, -0.2) is 22.4 Å². The number of carbonyl (C=O) groups is 1. The lowest BCUT2D eigenvalue weighted by atomic mass is 10.2. The largest absolute Gasteiger partial charge is 0.330 e. The first-order valence-electron chi connectivity index (χ1n) is 5.41. The average molecular weight is 234 g/mol. The second kappa shape index (κ2) is 4.84. The van der Waals surface area contributed by atoms with Crippen molar-refractivity contribution in [3.63, 3.8) is 0 Å². The number of imidazole rings is 1. The van der Waals surface area contributed by atoms with Crippen LogP contribution in [0.1, 0.15) is 12.8 Å². The molecule has 0 spiro atoms. The van der Waals surface area contributed by atoms with Crippen LogP contribution in [0.15, 0.2) is 23.0 Å². The van der Waals surface area contributed by atoms with E-state index >= 15 is 0 Å². The van der Waals surface area contributed by atoms with Crippen LogP contribution in [0.25, 0.3) is 11.0 Å². The molecular weight excluding hydrogens is 220 g/mol. The average Bonchev–Trinajstić information content (AvgIpc) is 2.65. The molecule has 90 valence electrons. The van der Waals surface area contributed by atoms with Gasteiger partial charge in [0.05, 0.1) is 11.0 Å². The summed E-state index contributed by atoms with van der Waals surface area (Å²) in [6.45, 7) is 0.498. The number of aromatic nitrogens is 2. The Hall–Kier alpha value is -2.08. The van der Waals surface area contributed by atoms with Gasteiger partial charge in [-0.1, -0.05) is 0 Å². The predicted octanol–water partition coefficient (Wildman–Crippen LogP) is 0.534. The topological polar surface area (TPSA) is 104 Å². The van der Waals surface area contributed by atoms with E-state index < -0.39 is 0 Å². The summed E-state index contributed by atoms with van der Waals surface area (Å²) in [5, 5.41) is 2.75. The Morgan fingerprint density at radius 3 is 2.82 bits per heavy atom. The Morgan fingerprint density at radius 1 is 1.29 bits per heavy atom. The first kappa shape index (κ1) is 11.4. The molecule has 0 saturated heterocycles. The van der Waals surface area contributed by atoms with Crippen molar-refractivity contribution in [2.45, 2.75) is 12.8 Å². The number of aromatic amines is 2. The molecule has 0 aliphatic rings. The lowest BCUT2D eigenvalue weighted by Crippen LogP contribution is -2.13. The van der Waals surface area contributed by atoms with Crippen molar-refractivity contribution < 1.29 is 4.79 Å². The van der Waals surface area contributed by atoms with E-state index in [-0.39, 0.29) is 11.6 Å². The minimum atomic E-state index is -0.258. The number of anilines is 1. The quantitative estimate of drug-likeness (QED) is 0.620. The van der Waals surface area contributed by atoms with E-state index in [1.807, 2.05) is 0 Å². The third kappa shape index (κ3) is 2.73. The van der Waals surface area contributed by atoms with Crippen LogP contribution in [0.4, 0.5) is 5.69 Å². The van der Waals surface area contributed by atoms with Crippen LogP contribution in [0.5, 0.6) is 0 Å². The van der Waals surface area contributed by atoms with E-state index in [1.54, 1.807) is 18.2 Å². The minimum Gasteiger partial charge on any atom is -0.330 e. The number of hydrogen-bond acceptors (Lipinski definition) is 3. The monoisotopic (exact) mass is 234 g/mol. The second-order valence-electron chi connectivity index (χ2n) is 3.78. The van der Waals surface area contributed by atoms with Crippen molar-refractivity contribution in [1.29, 1.82) is 0 Å². The fourth-order valence-electron chi connectivity index (χ4n) is 1.60. The molecule has 17 heavy (non-hydrogen) atoms. The van der Waals surface area contributed by atoms with Gasteiger partial charge in [0, 0.05) is 12.1 Å². The van der Waals surface area contributed by atoms with Gasteiger partial charge in [0.15, 0.2) is 0 Å². The summed E-state index contributed by atoms with van der Waals surface area (Å²) >= 11 is 0. The van der Waals surface area contributed by atoms with Crippen molar-refractivity contribution in [1.82, 2.24) is 9.97 Å². The molecule has 0 radical (unpaired) electrons. The molecule has 2 rings (SSSR count). The Balaban J connectivity index is 2.13. The summed E-state index contributed by atoms with van der Waals surface area (Å²) in [6, 6.07) is 5.20. The maximum atomic E-state index is 11.5. The van der Waals surface area contributed by atoms with E-state index in [9.17, 15) is 9.59 Å². The normalized spacial score (nSPS) is 10.6. The molecule has 2 aromatic rings. The zero-order valence-corrected chi connectivity index (χ0v) is 9.25. The lowest BCUT2D eigenvalue weighted by Gasteiger charge is -2.04. The van der Waals surface area contributed by atoms with Crippen LogP contribution in [0.3, 0.4) is 0 Å². The number of H-pyrrole nitrogens is 2. The fraction of sp³-hybridized carbons (Fsp3) is 0.273. The SMILES string of the molecule is NCCCC(=O)Nc1ccc2[nH]c(=O)[nH]c2c1. The van der Waals surface area contributed by atoms with Gasteiger partial charge in [-0.3, -0.25) is 4.79 Å². The molecule has 0 saturated carbocycles. The number of carbonyl (C=O) groups excluding carboxylic acids is 1. The first-order chi connectivity index (χ1) is 8.19. The van der Waals surface area contributed by atoms with Gasteiger partial charge >= 0.3 is 5.69 Å². The molecule has 5 N–H and O–H groups in total. The molecule has 1 aromatic heterocycles. The van der Waals surface area contributed by atoms with E-state index in [4.69, 9.17) is 5.73 Å². The van der Waals surface area contributed by atoms with Gasteiger partial charge in [0.25, 0.3) is 0 Å². The molecule has 6 heteroatoms. The second-order valence-corrected chi connectivity index (χ2v) is 3.78. The number of amides is 1. The van der Waals surface area contributed by atoms with Gasteiger partial charge in [-0.15, -0.1) is 0 Å². The summed E-state index contributed by atoms with van der Waals surface area (Å²) in [5.41, 5.74) is 7.12. The zero-order chi connectivity index (χ0) is 12.3. The number of rotatable bonds is 4. The van der Waals surface area contributed by atoms with Gasteiger partial charge in [0.1, 0.15) is 0 Å². The Morgan fingerprint density at radius 2 is 2.06 bits per heavy atom. The van der Waals surface area contributed by atoms with Gasteiger partial charge in [0.2, 0.25) is 5.91 Å². The number of nitrogens with two attached hydrogens (primary N) is 1. The maximum absolute atomic E-state index is 11.5. The number of benzene rings is 1. The summed E-state index contributed by atoms with van der Waals surface area (Å²) in [5.74, 6) is -0.0762. The van der Waals surface area contributed by atoms with Crippen molar-refractivity contribution >= 4 is 22.6 Å². The third-order valence-corrected chi connectivity index (χ3v) is 2.41. The highest BCUT2D eigenvalue weighted by Gasteiger charge is 2.03. The molecule has 0 bridgehead atoms. The molecule has 0 aliphatic carbocycles. The summed E-state index contributed by atoms with van der Waals surface area (Å²) < 4.78 is 0. The Kier molecular flexibility index (Phi) is 3.24. The van der Waals surface area contributed by atoms with Crippen LogP contribution in [0.2, 0.25) is 0 Å². The highest BCUT2D eigenvalue weighted by Crippen LogP contribution is 2.14. The highest BCUT2D eigenvalue weighted by atomic mass is 16.1. The van der Waals surface area contributed by atoms with Crippen LogP contribution < -0.4 is 16.7 Å². The molecule has 0 fully saturated rings. The van der Waals surface area contributed by atoms with Crippen LogP contribution in [-0.2, 0) is 4.79 Å². The molecular formula is C11H14N4O2. The summed E-state index contributed by atoms with van der Waals surface area (Å²) in [4.78, 5) is 27.8. The molecule has 0 unspecified atom stereocenters. The molecule has 0 aliphatic heterocycles. The molecule has 1 heterocycles. The van der Waals surface area contributed by atoms with Crippen LogP contribution in [0, 0.1) is 0 Å². The fourth-order valence-corrected chi connectivity index (χ4v) is 1.60. The predicted molar refractivity (Wildman–Crippen MR) is 65.8 cm³/mol. The van der Waals surface area contributed by atoms with Crippen LogP contribution >= 0.6 is 0 Å². The molecule has 6 nitrogen and oxygen atoms in total. The van der Waals surface area contributed by atoms with Gasteiger partial charge in [-0.2, -0.15) is 0 Å². The van der Waals surface area contributed by atoms with Crippen molar-refractivity contribution in [3.05, 3.63) is 28.7 Å².